The van der Waals surface area contributed by atoms with E-state index in [1.807, 2.05) is 0 Å². The Hall–Kier alpha value is -1.06. The molecule has 0 spiro atoms. The minimum absolute atomic E-state index is 0.134. The maximum Gasteiger partial charge on any atom is 0.306 e. The molecule has 0 aromatic carbocycles. The first-order valence-corrected chi connectivity index (χ1v) is 8.43. The highest BCUT2D eigenvalue weighted by molar-refractivity contribution is 5.70. The summed E-state index contributed by atoms with van der Waals surface area (Å²) in [5.74, 6) is -0.907. The Morgan fingerprint density at radius 2 is 1.52 bits per heavy atom. The van der Waals surface area contributed by atoms with Gasteiger partial charge in [-0.2, -0.15) is 0 Å². The second-order valence-electron chi connectivity index (χ2n) is 5.78. The first kappa shape index (κ1) is 19.9. The molecule has 0 heterocycles. The molecule has 0 saturated heterocycles. The molecule has 0 rings (SSSR count). The van der Waals surface area contributed by atoms with Crippen LogP contribution in [0.4, 0.5) is 0 Å². The summed E-state index contributed by atoms with van der Waals surface area (Å²) in [6, 6.07) is 0. The quantitative estimate of drug-likeness (QED) is 0.395. The first-order chi connectivity index (χ1) is 9.99. The van der Waals surface area contributed by atoms with E-state index in [2.05, 4.69) is 20.8 Å². The molecule has 0 fully saturated rings. The van der Waals surface area contributed by atoms with Crippen molar-refractivity contribution in [3.63, 3.8) is 0 Å². The summed E-state index contributed by atoms with van der Waals surface area (Å²) < 4.78 is 5.76. The lowest BCUT2D eigenvalue weighted by Gasteiger charge is -2.31. The molecule has 0 atom stereocenters. The van der Waals surface area contributed by atoms with Gasteiger partial charge in [-0.05, 0) is 38.5 Å². The van der Waals surface area contributed by atoms with Crippen molar-refractivity contribution in [2.75, 3.05) is 0 Å². The van der Waals surface area contributed by atoms with Crippen molar-refractivity contribution in [3.05, 3.63) is 0 Å². The normalized spacial score (nSPS) is 11.4. The Balaban J connectivity index is 4.07. The third-order valence-electron chi connectivity index (χ3n) is 4.13. The molecule has 0 bridgehead atoms. The smallest absolute Gasteiger partial charge is 0.306 e. The molecule has 124 valence electrons. The summed E-state index contributed by atoms with van der Waals surface area (Å²) in [7, 11) is 0. The Labute approximate surface area is 129 Å². The molecule has 0 saturated carbocycles. The van der Waals surface area contributed by atoms with Crippen LogP contribution in [0.3, 0.4) is 0 Å². The number of esters is 1. The highest BCUT2D eigenvalue weighted by atomic mass is 16.6. The molecule has 1 N–H and O–H groups in total. The molecular weight excluding hydrogens is 268 g/mol. The molecular formula is C17H32O4. The molecule has 4 heteroatoms. The number of ether oxygens (including phenoxy) is 1. The van der Waals surface area contributed by atoms with Crippen molar-refractivity contribution in [2.24, 2.45) is 0 Å². The van der Waals surface area contributed by atoms with Gasteiger partial charge in [-0.15, -0.1) is 0 Å². The van der Waals surface area contributed by atoms with Crippen molar-refractivity contribution in [3.8, 4) is 0 Å². The first-order valence-electron chi connectivity index (χ1n) is 8.43. The SMILES string of the molecule is CCCCCC(CC)(CC)OC(=O)CCCCCC(=O)O. The summed E-state index contributed by atoms with van der Waals surface area (Å²) in [5.41, 5.74) is -0.298. The Morgan fingerprint density at radius 3 is 2.05 bits per heavy atom. The van der Waals surface area contributed by atoms with Crippen molar-refractivity contribution in [2.45, 2.75) is 97.0 Å². The Kier molecular flexibility index (Phi) is 11.0. The largest absolute Gasteiger partial charge is 0.481 e. The van der Waals surface area contributed by atoms with Gasteiger partial charge in [-0.3, -0.25) is 9.59 Å². The third-order valence-corrected chi connectivity index (χ3v) is 4.13. The maximum absolute atomic E-state index is 12.0. The fraction of sp³-hybridized carbons (Fsp3) is 0.882. The van der Waals surface area contributed by atoms with E-state index in [0.717, 1.165) is 32.1 Å². The molecule has 21 heavy (non-hydrogen) atoms. The van der Waals surface area contributed by atoms with Crippen LogP contribution in [0.1, 0.15) is 91.4 Å². The summed E-state index contributed by atoms with van der Waals surface area (Å²) in [4.78, 5) is 22.4. The molecule has 0 aliphatic carbocycles. The minimum Gasteiger partial charge on any atom is -0.481 e. The number of hydrogen-bond acceptors (Lipinski definition) is 3. The standard InChI is InChI=1S/C17H32O4/c1-4-7-11-14-17(5-2,6-3)21-16(20)13-10-8-9-12-15(18)19/h4-14H2,1-3H3,(H,18,19). The number of aliphatic carboxylic acids is 1. The van der Waals surface area contributed by atoms with Crippen molar-refractivity contribution >= 4 is 11.9 Å². The molecule has 0 unspecified atom stereocenters. The van der Waals surface area contributed by atoms with Gasteiger partial charge in [-0.25, -0.2) is 0 Å². The van der Waals surface area contributed by atoms with Crippen LogP contribution in [0.5, 0.6) is 0 Å². The van der Waals surface area contributed by atoms with Gasteiger partial charge in [0.2, 0.25) is 0 Å². The van der Waals surface area contributed by atoms with Crippen LogP contribution in [-0.2, 0) is 14.3 Å². The Morgan fingerprint density at radius 1 is 0.905 bits per heavy atom. The number of rotatable bonds is 13. The molecule has 0 aliphatic heterocycles. The molecule has 0 amide bonds. The summed E-state index contributed by atoms with van der Waals surface area (Å²) in [6.45, 7) is 6.33. The minimum atomic E-state index is -0.774. The van der Waals surface area contributed by atoms with Crippen molar-refractivity contribution < 1.29 is 19.4 Å². The van der Waals surface area contributed by atoms with E-state index in [-0.39, 0.29) is 18.0 Å². The van der Waals surface area contributed by atoms with E-state index in [1.54, 1.807) is 0 Å². The number of carboxylic acid groups (broad SMARTS) is 1. The molecule has 4 nitrogen and oxygen atoms in total. The molecule has 0 aliphatic rings. The summed E-state index contributed by atoms with van der Waals surface area (Å²) in [5, 5.41) is 8.55. The predicted octanol–water partition coefficient (Wildman–Crippen LogP) is 4.70. The van der Waals surface area contributed by atoms with Crippen molar-refractivity contribution in [1.82, 2.24) is 0 Å². The number of unbranched alkanes of at least 4 members (excludes halogenated alkanes) is 4. The number of carboxylic acids is 1. The van der Waals surface area contributed by atoms with Gasteiger partial charge >= 0.3 is 11.9 Å². The summed E-state index contributed by atoms with van der Waals surface area (Å²) >= 11 is 0. The number of carbonyl (C=O) groups excluding carboxylic acids is 1. The zero-order valence-corrected chi connectivity index (χ0v) is 14.0. The van der Waals surface area contributed by atoms with E-state index in [0.29, 0.717) is 19.3 Å². The lowest BCUT2D eigenvalue weighted by atomic mass is 9.90. The van der Waals surface area contributed by atoms with Crippen LogP contribution < -0.4 is 0 Å². The van der Waals surface area contributed by atoms with Crippen LogP contribution in [0.25, 0.3) is 0 Å². The molecule has 0 aromatic rings. The van der Waals surface area contributed by atoms with Crippen LogP contribution >= 0.6 is 0 Å². The highest BCUT2D eigenvalue weighted by Crippen LogP contribution is 2.28. The lowest BCUT2D eigenvalue weighted by molar-refractivity contribution is -0.162. The van der Waals surface area contributed by atoms with E-state index in [9.17, 15) is 9.59 Å². The van der Waals surface area contributed by atoms with Gasteiger partial charge in [0.25, 0.3) is 0 Å². The van der Waals surface area contributed by atoms with E-state index >= 15 is 0 Å². The zero-order chi connectivity index (χ0) is 16.1. The van der Waals surface area contributed by atoms with Gasteiger partial charge in [0.05, 0.1) is 0 Å². The average Bonchev–Trinajstić information content (AvgIpc) is 2.45. The lowest BCUT2D eigenvalue weighted by Crippen LogP contribution is -2.33. The third kappa shape index (κ3) is 9.48. The van der Waals surface area contributed by atoms with Crippen LogP contribution in [0.15, 0.2) is 0 Å². The van der Waals surface area contributed by atoms with Crippen LogP contribution in [0.2, 0.25) is 0 Å². The second kappa shape index (κ2) is 11.6. The fourth-order valence-electron chi connectivity index (χ4n) is 2.51. The number of carbonyl (C=O) groups is 2. The molecule has 0 aromatic heterocycles. The van der Waals surface area contributed by atoms with E-state index in [1.165, 1.54) is 12.8 Å². The van der Waals surface area contributed by atoms with Gasteiger partial charge in [0.1, 0.15) is 5.60 Å². The second-order valence-corrected chi connectivity index (χ2v) is 5.78. The average molecular weight is 300 g/mol. The van der Waals surface area contributed by atoms with Crippen LogP contribution in [-0.4, -0.2) is 22.6 Å². The van der Waals surface area contributed by atoms with Crippen LogP contribution in [0, 0.1) is 0 Å². The zero-order valence-electron chi connectivity index (χ0n) is 14.0. The van der Waals surface area contributed by atoms with Crippen molar-refractivity contribution in [1.29, 1.82) is 0 Å². The highest BCUT2D eigenvalue weighted by Gasteiger charge is 2.29. The predicted molar refractivity (Wildman–Crippen MR) is 84.3 cm³/mol. The fourth-order valence-corrected chi connectivity index (χ4v) is 2.51. The Bertz CT molecular complexity index is 295. The van der Waals surface area contributed by atoms with E-state index in [4.69, 9.17) is 9.84 Å². The molecule has 0 radical (unpaired) electrons. The number of hydrogen-bond donors (Lipinski definition) is 1. The van der Waals surface area contributed by atoms with E-state index < -0.39 is 5.97 Å². The van der Waals surface area contributed by atoms with Gasteiger partial charge in [0.15, 0.2) is 0 Å². The topological polar surface area (TPSA) is 63.6 Å². The van der Waals surface area contributed by atoms with Gasteiger partial charge < -0.3 is 9.84 Å². The van der Waals surface area contributed by atoms with Gasteiger partial charge in [0, 0.05) is 12.8 Å². The monoisotopic (exact) mass is 300 g/mol. The van der Waals surface area contributed by atoms with Gasteiger partial charge in [-0.1, -0.05) is 40.0 Å². The summed E-state index contributed by atoms with van der Waals surface area (Å²) in [6.07, 6.45) is 8.79. The maximum atomic E-state index is 12.0.